The Morgan fingerprint density at radius 2 is 1.65 bits per heavy atom. The maximum absolute atomic E-state index is 12.4. The van der Waals surface area contributed by atoms with Gasteiger partial charge in [0.2, 0.25) is 5.95 Å². The summed E-state index contributed by atoms with van der Waals surface area (Å²) in [4.78, 5) is 29.5. The summed E-state index contributed by atoms with van der Waals surface area (Å²) in [6.07, 6.45) is 2.44. The van der Waals surface area contributed by atoms with E-state index in [1.54, 1.807) is 24.5 Å². The number of hydrogen-bond donors (Lipinski definition) is 3. The van der Waals surface area contributed by atoms with Crippen molar-refractivity contribution in [3.63, 3.8) is 0 Å². The van der Waals surface area contributed by atoms with Gasteiger partial charge in [0.15, 0.2) is 5.82 Å². The number of fused-ring (bicyclic) bond motifs is 1. The van der Waals surface area contributed by atoms with Crippen LogP contribution in [-0.4, -0.2) is 85.1 Å². The maximum Gasteiger partial charge on any atom is 0.253 e. The Morgan fingerprint density at radius 3 is 2.40 bits per heavy atom. The number of aromatic nitrogens is 2. The molecule has 0 aliphatic carbocycles. The lowest BCUT2D eigenvalue weighted by molar-refractivity contribution is 0.0964. The summed E-state index contributed by atoms with van der Waals surface area (Å²) in [5, 5.41) is 11.5. The van der Waals surface area contributed by atoms with Gasteiger partial charge in [0.1, 0.15) is 0 Å². The molecular weight excluding hydrogens is 520 g/mol. The van der Waals surface area contributed by atoms with Gasteiger partial charge >= 0.3 is 0 Å². The molecule has 2 fully saturated rings. The second-order valence-corrected chi connectivity index (χ2v) is 11.4. The summed E-state index contributed by atoms with van der Waals surface area (Å²) >= 11 is 1.57. The predicted molar refractivity (Wildman–Crippen MR) is 165 cm³/mol. The fourth-order valence-corrected chi connectivity index (χ4v) is 6.39. The van der Waals surface area contributed by atoms with Gasteiger partial charge in [-0.15, -0.1) is 11.3 Å². The molecule has 9 nitrogen and oxygen atoms in total. The molecule has 2 aliphatic heterocycles. The molecule has 0 unspecified atom stereocenters. The minimum Gasteiger partial charge on any atom is -0.371 e. The zero-order valence-corrected chi connectivity index (χ0v) is 23.9. The highest BCUT2D eigenvalue weighted by Gasteiger charge is 2.26. The fourth-order valence-electron chi connectivity index (χ4n) is 5.62. The zero-order valence-electron chi connectivity index (χ0n) is 23.1. The number of rotatable bonds is 7. The Hall–Kier alpha value is -3.73. The number of anilines is 5. The van der Waals surface area contributed by atoms with Gasteiger partial charge < -0.3 is 25.8 Å². The van der Waals surface area contributed by atoms with E-state index in [1.165, 1.54) is 44.7 Å². The number of carbonyl (C=O) groups excluding carboxylic acids is 1. The van der Waals surface area contributed by atoms with Crippen LogP contribution in [0.25, 0.3) is 10.2 Å². The number of nitrogens with zero attached hydrogens (tertiary/aromatic N) is 5. The third kappa shape index (κ3) is 5.74. The van der Waals surface area contributed by atoms with Crippen LogP contribution in [-0.2, 0) is 0 Å². The first kappa shape index (κ1) is 26.5. The molecule has 0 atom stereocenters. The molecule has 6 rings (SSSR count). The van der Waals surface area contributed by atoms with E-state index in [4.69, 9.17) is 9.97 Å². The van der Waals surface area contributed by atoms with Gasteiger partial charge in [-0.25, -0.2) is 4.98 Å². The molecule has 0 spiro atoms. The first-order valence-corrected chi connectivity index (χ1v) is 14.8. The van der Waals surface area contributed by atoms with E-state index in [9.17, 15) is 4.79 Å². The van der Waals surface area contributed by atoms with Crippen LogP contribution in [0.4, 0.5) is 28.8 Å². The highest BCUT2D eigenvalue weighted by Crippen LogP contribution is 2.32. The molecule has 2 aromatic heterocycles. The molecule has 2 aromatic carbocycles. The van der Waals surface area contributed by atoms with Crippen LogP contribution in [0.2, 0.25) is 0 Å². The highest BCUT2D eigenvalue weighted by molar-refractivity contribution is 7.17. The van der Waals surface area contributed by atoms with Crippen molar-refractivity contribution in [3.8, 4) is 0 Å². The quantitative estimate of drug-likeness (QED) is 0.301. The summed E-state index contributed by atoms with van der Waals surface area (Å²) in [7, 11) is 3.85. The van der Waals surface area contributed by atoms with Crippen LogP contribution in [0.1, 0.15) is 23.2 Å². The standard InChI is InChI=1S/C30H36N8OS/c1-31-29(39)24-5-3-4-6-25(24)33-28-27-26(13-20-40-27)34-30(35-28)32-21-7-9-22(10-8-21)37-14-11-23(12-15-37)38-18-16-36(2)17-19-38/h3-10,13,20,23H,11-12,14-19H2,1-2H3,(H,31,39)(H2,32,33,34,35). The smallest absolute Gasteiger partial charge is 0.253 e. The molecule has 2 saturated heterocycles. The summed E-state index contributed by atoms with van der Waals surface area (Å²) in [5.41, 5.74) is 4.29. The monoisotopic (exact) mass is 556 g/mol. The van der Waals surface area contributed by atoms with E-state index in [0.717, 1.165) is 29.0 Å². The average molecular weight is 557 g/mol. The number of thiophene rings is 1. The molecule has 3 N–H and O–H groups in total. The number of nitrogens with one attached hydrogen (secondary N) is 3. The number of amides is 1. The lowest BCUT2D eigenvalue weighted by Gasteiger charge is -2.42. The van der Waals surface area contributed by atoms with Gasteiger partial charge in [0, 0.05) is 63.7 Å². The van der Waals surface area contributed by atoms with Gasteiger partial charge in [-0.1, -0.05) is 12.1 Å². The van der Waals surface area contributed by atoms with E-state index in [-0.39, 0.29) is 5.91 Å². The largest absolute Gasteiger partial charge is 0.371 e. The van der Waals surface area contributed by atoms with E-state index in [1.807, 2.05) is 29.6 Å². The Bertz CT molecular complexity index is 1460. The van der Waals surface area contributed by atoms with E-state index in [2.05, 4.69) is 62.0 Å². The molecule has 0 bridgehead atoms. The highest BCUT2D eigenvalue weighted by atomic mass is 32.1. The number of piperazine rings is 1. The molecule has 208 valence electrons. The van der Waals surface area contributed by atoms with Crippen LogP contribution >= 0.6 is 11.3 Å². The summed E-state index contributed by atoms with van der Waals surface area (Å²) in [6, 6.07) is 18.7. The van der Waals surface area contributed by atoms with Gasteiger partial charge in [-0.3, -0.25) is 9.69 Å². The molecular formula is C30H36N8OS. The minimum absolute atomic E-state index is 0.151. The first-order valence-electron chi connectivity index (χ1n) is 14.0. The number of likely N-dealkylation sites (N-methyl/N-ethyl adjacent to an activating group) is 1. The summed E-state index contributed by atoms with van der Waals surface area (Å²) in [5.74, 6) is 1.02. The molecule has 0 saturated carbocycles. The average Bonchev–Trinajstić information content (AvgIpc) is 3.47. The van der Waals surface area contributed by atoms with Crippen LogP contribution in [0.5, 0.6) is 0 Å². The normalized spacial score (nSPS) is 17.2. The Morgan fingerprint density at radius 1 is 0.900 bits per heavy atom. The number of hydrogen-bond acceptors (Lipinski definition) is 9. The minimum atomic E-state index is -0.151. The predicted octanol–water partition coefficient (Wildman–Crippen LogP) is 4.75. The number of carbonyl (C=O) groups is 1. The SMILES string of the molecule is CNC(=O)c1ccccc1Nc1nc(Nc2ccc(N3CCC(N4CCN(C)CC4)CC3)cc2)nc2ccsc12. The summed E-state index contributed by atoms with van der Waals surface area (Å²) < 4.78 is 0.938. The topological polar surface area (TPSA) is 88.7 Å². The molecule has 10 heteroatoms. The van der Waals surface area contributed by atoms with E-state index >= 15 is 0 Å². The van der Waals surface area contributed by atoms with Crippen LogP contribution < -0.4 is 20.9 Å². The van der Waals surface area contributed by atoms with Crippen molar-refractivity contribution in [2.75, 3.05) is 68.9 Å². The maximum atomic E-state index is 12.4. The number of para-hydroxylation sites is 1. The lowest BCUT2D eigenvalue weighted by atomic mass is 10.0. The third-order valence-corrected chi connectivity index (χ3v) is 8.87. The second-order valence-electron chi connectivity index (χ2n) is 10.5. The van der Waals surface area contributed by atoms with Crippen molar-refractivity contribution in [1.82, 2.24) is 25.1 Å². The molecule has 2 aliphatic rings. The number of benzene rings is 2. The van der Waals surface area contributed by atoms with Crippen molar-refractivity contribution >= 4 is 56.3 Å². The molecule has 1 amide bonds. The van der Waals surface area contributed by atoms with Crippen LogP contribution in [0, 0.1) is 0 Å². The Labute approximate surface area is 239 Å². The first-order chi connectivity index (χ1) is 19.6. The molecule has 0 radical (unpaired) electrons. The zero-order chi connectivity index (χ0) is 27.5. The lowest BCUT2D eigenvalue weighted by Crippen LogP contribution is -2.52. The molecule has 4 aromatic rings. The van der Waals surface area contributed by atoms with Gasteiger partial charge in [0.05, 0.1) is 21.5 Å². The van der Waals surface area contributed by atoms with Crippen LogP contribution in [0.3, 0.4) is 0 Å². The molecule has 40 heavy (non-hydrogen) atoms. The number of piperidine rings is 1. The van der Waals surface area contributed by atoms with Gasteiger partial charge in [-0.05, 0) is 67.7 Å². The van der Waals surface area contributed by atoms with Crippen LogP contribution in [0.15, 0.2) is 60.0 Å². The third-order valence-electron chi connectivity index (χ3n) is 7.96. The van der Waals surface area contributed by atoms with Gasteiger partial charge in [0.25, 0.3) is 5.91 Å². The Kier molecular flexibility index (Phi) is 7.81. The van der Waals surface area contributed by atoms with E-state index < -0.39 is 0 Å². The fraction of sp³-hybridized carbons (Fsp3) is 0.367. The molecule has 4 heterocycles. The summed E-state index contributed by atoms with van der Waals surface area (Å²) in [6.45, 7) is 6.93. The van der Waals surface area contributed by atoms with Crippen molar-refractivity contribution < 1.29 is 4.79 Å². The van der Waals surface area contributed by atoms with Crippen molar-refractivity contribution in [2.24, 2.45) is 0 Å². The van der Waals surface area contributed by atoms with Crippen molar-refractivity contribution in [3.05, 3.63) is 65.5 Å². The van der Waals surface area contributed by atoms with Gasteiger partial charge in [-0.2, -0.15) is 4.98 Å². The van der Waals surface area contributed by atoms with E-state index in [0.29, 0.717) is 29.1 Å². The van der Waals surface area contributed by atoms with Crippen molar-refractivity contribution in [1.29, 1.82) is 0 Å². The Balaban J connectivity index is 1.13. The van der Waals surface area contributed by atoms with Crippen molar-refractivity contribution in [2.45, 2.75) is 18.9 Å². The second kappa shape index (κ2) is 11.8.